The molecule has 22 heavy (non-hydrogen) atoms. The lowest BCUT2D eigenvalue weighted by Gasteiger charge is -2.50. The van der Waals surface area contributed by atoms with E-state index < -0.39 is 0 Å². The van der Waals surface area contributed by atoms with Gasteiger partial charge in [0.1, 0.15) is 5.75 Å². The average Bonchev–Trinajstić information content (AvgIpc) is 2.90. The third-order valence-corrected chi connectivity index (χ3v) is 7.13. The highest BCUT2D eigenvalue weighted by atomic mass is 16.5. The number of fused-ring (bicyclic) bond motifs is 5. The third-order valence-electron chi connectivity index (χ3n) is 7.13. The van der Waals surface area contributed by atoms with E-state index in [1.54, 1.807) is 12.7 Å². The average molecular weight is 300 g/mol. The van der Waals surface area contributed by atoms with Crippen molar-refractivity contribution >= 4 is 0 Å². The molecule has 0 saturated heterocycles. The van der Waals surface area contributed by atoms with Gasteiger partial charge < -0.3 is 9.47 Å². The molecule has 2 saturated carbocycles. The summed E-state index contributed by atoms with van der Waals surface area (Å²) in [7, 11) is 3.68. The van der Waals surface area contributed by atoms with Crippen LogP contribution in [0.5, 0.6) is 5.75 Å². The molecule has 1 aromatic rings. The van der Waals surface area contributed by atoms with E-state index in [4.69, 9.17) is 9.47 Å². The first kappa shape index (κ1) is 14.6. The summed E-state index contributed by atoms with van der Waals surface area (Å²) in [5.41, 5.74) is 3.56. The molecule has 0 spiro atoms. The van der Waals surface area contributed by atoms with E-state index in [1.165, 1.54) is 44.1 Å². The first-order chi connectivity index (χ1) is 10.7. The van der Waals surface area contributed by atoms with Crippen molar-refractivity contribution in [2.75, 3.05) is 14.2 Å². The number of aryl methyl sites for hydroxylation is 1. The molecule has 2 heteroatoms. The van der Waals surface area contributed by atoms with Gasteiger partial charge in [-0.1, -0.05) is 13.0 Å². The summed E-state index contributed by atoms with van der Waals surface area (Å²) < 4.78 is 11.3. The van der Waals surface area contributed by atoms with Gasteiger partial charge in [-0.25, -0.2) is 0 Å². The standard InChI is InChI=1S/C20H28O2/c1-20-11-10-16-15-7-5-14(21-2)12-13(15)4-6-17(16)18(20)8-9-19(20)22-3/h5,7,12,16-19H,4,6,8-11H2,1-3H3/t16?,17?,18?,19?,20-/m0/s1. The van der Waals surface area contributed by atoms with Crippen LogP contribution >= 0.6 is 0 Å². The van der Waals surface area contributed by atoms with Gasteiger partial charge in [0.2, 0.25) is 0 Å². The Morgan fingerprint density at radius 2 is 1.95 bits per heavy atom. The summed E-state index contributed by atoms with van der Waals surface area (Å²) in [5.74, 6) is 3.49. The van der Waals surface area contributed by atoms with Gasteiger partial charge in [0.15, 0.2) is 0 Å². The lowest BCUT2D eigenvalue weighted by atomic mass is 9.55. The van der Waals surface area contributed by atoms with Gasteiger partial charge in [-0.15, -0.1) is 0 Å². The first-order valence-electron chi connectivity index (χ1n) is 8.87. The smallest absolute Gasteiger partial charge is 0.119 e. The van der Waals surface area contributed by atoms with Gasteiger partial charge in [0, 0.05) is 7.11 Å². The number of methoxy groups -OCH3 is 2. The van der Waals surface area contributed by atoms with Gasteiger partial charge in [-0.3, -0.25) is 0 Å². The summed E-state index contributed by atoms with van der Waals surface area (Å²) in [6, 6.07) is 6.77. The largest absolute Gasteiger partial charge is 0.497 e. The molecule has 0 amide bonds. The number of hydrogen-bond acceptors (Lipinski definition) is 2. The van der Waals surface area contributed by atoms with Gasteiger partial charge >= 0.3 is 0 Å². The van der Waals surface area contributed by atoms with Crippen LogP contribution < -0.4 is 4.74 Å². The molecule has 1 aromatic carbocycles. The van der Waals surface area contributed by atoms with E-state index in [2.05, 4.69) is 25.1 Å². The molecule has 0 aromatic heterocycles. The Morgan fingerprint density at radius 1 is 1.09 bits per heavy atom. The van der Waals surface area contributed by atoms with Crippen molar-refractivity contribution < 1.29 is 9.47 Å². The van der Waals surface area contributed by atoms with E-state index >= 15 is 0 Å². The summed E-state index contributed by atoms with van der Waals surface area (Å²) in [5, 5.41) is 0. The second kappa shape index (κ2) is 5.26. The Morgan fingerprint density at radius 3 is 2.73 bits per heavy atom. The Hall–Kier alpha value is -1.02. The Balaban J connectivity index is 1.66. The predicted octanol–water partition coefficient (Wildman–Crippen LogP) is 4.57. The van der Waals surface area contributed by atoms with Crippen molar-refractivity contribution in [3.05, 3.63) is 29.3 Å². The maximum Gasteiger partial charge on any atom is 0.119 e. The van der Waals surface area contributed by atoms with Crippen molar-refractivity contribution in [3.63, 3.8) is 0 Å². The molecule has 4 unspecified atom stereocenters. The lowest BCUT2D eigenvalue weighted by molar-refractivity contribution is -0.0444. The number of hydrogen-bond donors (Lipinski definition) is 0. The molecule has 0 radical (unpaired) electrons. The molecule has 0 bridgehead atoms. The van der Waals surface area contributed by atoms with E-state index in [0.29, 0.717) is 11.5 Å². The highest BCUT2D eigenvalue weighted by Crippen LogP contribution is 2.61. The Bertz CT molecular complexity index is 567. The van der Waals surface area contributed by atoms with Gasteiger partial charge in [0.25, 0.3) is 0 Å². The monoisotopic (exact) mass is 300 g/mol. The van der Waals surface area contributed by atoms with Crippen molar-refractivity contribution in [2.24, 2.45) is 17.3 Å². The zero-order valence-corrected chi connectivity index (χ0v) is 14.1. The van der Waals surface area contributed by atoms with Crippen LogP contribution in [0.15, 0.2) is 18.2 Å². The molecule has 0 N–H and O–H groups in total. The van der Waals surface area contributed by atoms with Crippen LogP contribution in [0.2, 0.25) is 0 Å². The first-order valence-corrected chi connectivity index (χ1v) is 8.87. The summed E-state index contributed by atoms with van der Waals surface area (Å²) in [6.07, 6.45) is 8.33. The summed E-state index contributed by atoms with van der Waals surface area (Å²) in [4.78, 5) is 0. The van der Waals surface area contributed by atoms with Gasteiger partial charge in [-0.2, -0.15) is 0 Å². The molecular formula is C20H28O2. The second-order valence-electron chi connectivity index (χ2n) is 7.83. The van der Waals surface area contributed by atoms with Crippen molar-refractivity contribution in [1.29, 1.82) is 0 Å². The van der Waals surface area contributed by atoms with Crippen LogP contribution in [-0.2, 0) is 11.2 Å². The molecule has 2 fully saturated rings. The lowest BCUT2D eigenvalue weighted by Crippen LogP contribution is -2.44. The minimum atomic E-state index is 0.417. The molecule has 0 aliphatic heterocycles. The fourth-order valence-corrected chi connectivity index (χ4v) is 6.02. The number of rotatable bonds is 2. The molecular weight excluding hydrogens is 272 g/mol. The van der Waals surface area contributed by atoms with Gasteiger partial charge in [0.05, 0.1) is 13.2 Å². The van der Waals surface area contributed by atoms with Crippen molar-refractivity contribution in [3.8, 4) is 5.75 Å². The third kappa shape index (κ3) is 1.96. The van der Waals surface area contributed by atoms with Crippen molar-refractivity contribution in [1.82, 2.24) is 0 Å². The topological polar surface area (TPSA) is 18.5 Å². The fourth-order valence-electron chi connectivity index (χ4n) is 6.02. The molecule has 5 atom stereocenters. The summed E-state index contributed by atoms with van der Waals surface area (Å²) >= 11 is 0. The number of ether oxygens (including phenoxy) is 2. The van der Waals surface area contributed by atoms with Crippen molar-refractivity contribution in [2.45, 2.75) is 57.5 Å². The predicted molar refractivity (Wildman–Crippen MR) is 88.4 cm³/mol. The normalized spacial score (nSPS) is 39.8. The van der Waals surface area contributed by atoms with E-state index in [9.17, 15) is 0 Å². The molecule has 2 nitrogen and oxygen atoms in total. The molecule has 120 valence electrons. The van der Waals surface area contributed by atoms with Crippen LogP contribution in [0, 0.1) is 17.3 Å². The maximum absolute atomic E-state index is 5.85. The molecule has 4 rings (SSSR count). The second-order valence-corrected chi connectivity index (χ2v) is 7.83. The van der Waals surface area contributed by atoms with Gasteiger partial charge in [-0.05, 0) is 85.0 Å². The summed E-state index contributed by atoms with van der Waals surface area (Å²) in [6.45, 7) is 2.50. The zero-order chi connectivity index (χ0) is 15.3. The highest BCUT2D eigenvalue weighted by Gasteiger charge is 2.54. The number of benzene rings is 1. The Kier molecular flexibility index (Phi) is 3.48. The van der Waals surface area contributed by atoms with Crippen LogP contribution in [0.4, 0.5) is 0 Å². The minimum Gasteiger partial charge on any atom is -0.497 e. The fraction of sp³-hybridized carbons (Fsp3) is 0.700. The van der Waals surface area contributed by atoms with E-state index in [0.717, 1.165) is 23.5 Å². The van der Waals surface area contributed by atoms with Crippen LogP contribution in [0.3, 0.4) is 0 Å². The molecule has 3 aliphatic rings. The van der Waals surface area contributed by atoms with Crippen LogP contribution in [0.1, 0.15) is 56.1 Å². The van der Waals surface area contributed by atoms with E-state index in [-0.39, 0.29) is 0 Å². The zero-order valence-electron chi connectivity index (χ0n) is 14.1. The van der Waals surface area contributed by atoms with Crippen LogP contribution in [0.25, 0.3) is 0 Å². The maximum atomic E-state index is 5.85. The quantitative estimate of drug-likeness (QED) is 0.796. The minimum absolute atomic E-state index is 0.417. The molecule has 0 heterocycles. The highest BCUT2D eigenvalue weighted by molar-refractivity contribution is 5.40. The van der Waals surface area contributed by atoms with E-state index in [1.807, 2.05) is 7.11 Å². The Labute approximate surface area is 134 Å². The van der Waals surface area contributed by atoms with Crippen LogP contribution in [-0.4, -0.2) is 20.3 Å². The SMILES string of the molecule is COc1ccc2c(c1)CCC1C2CC[C@]2(C)C(OC)CCC12. The molecule has 3 aliphatic carbocycles.